The molecule has 1 aliphatic heterocycles. The molecule has 1 heterocycles. The monoisotopic (exact) mass is 368 g/mol. The summed E-state index contributed by atoms with van der Waals surface area (Å²) in [4.78, 5) is 20.3. The number of nitrogens with one attached hydrogen (secondary N) is 1. The summed E-state index contributed by atoms with van der Waals surface area (Å²) in [7, 11) is 0. The van der Waals surface area contributed by atoms with E-state index < -0.39 is 5.97 Å². The van der Waals surface area contributed by atoms with E-state index in [4.69, 9.17) is 16.7 Å². The van der Waals surface area contributed by atoms with Crippen LogP contribution in [0.15, 0.2) is 63.6 Å². The minimum absolute atomic E-state index is 0.0283. The predicted octanol–water partition coefficient (Wildman–Crippen LogP) is 3.66. The van der Waals surface area contributed by atoms with Crippen LogP contribution in [0.25, 0.3) is 0 Å². The van der Waals surface area contributed by atoms with Crippen LogP contribution < -0.4 is 5.43 Å². The molecule has 6 nitrogen and oxygen atoms in total. The van der Waals surface area contributed by atoms with E-state index in [0.29, 0.717) is 23.0 Å². The maximum atomic E-state index is 11.1. The third-order valence-corrected chi connectivity index (χ3v) is 4.04. The molecule has 0 bridgehead atoms. The second-order valence-corrected chi connectivity index (χ2v) is 6.02. The number of carbonyl (C=O) groups is 1. The molecule has 0 amide bonds. The average molecular weight is 369 g/mol. The van der Waals surface area contributed by atoms with Gasteiger partial charge in [-0.05, 0) is 24.6 Å². The van der Waals surface area contributed by atoms with Gasteiger partial charge in [-0.15, -0.1) is 0 Å². The number of hydrazone groups is 1. The smallest absolute Gasteiger partial charge is 0.352 e. The summed E-state index contributed by atoms with van der Waals surface area (Å²) in [6.45, 7) is 1.98. The summed E-state index contributed by atoms with van der Waals surface area (Å²) in [6, 6.07) is 15.2. The van der Waals surface area contributed by atoms with Gasteiger partial charge in [-0.25, -0.2) is 9.79 Å². The molecule has 0 aromatic heterocycles. The summed E-state index contributed by atoms with van der Waals surface area (Å²) in [6.07, 6.45) is 0.306. The highest BCUT2D eigenvalue weighted by Crippen LogP contribution is 2.28. The molecule has 0 aliphatic carbocycles. The van der Waals surface area contributed by atoms with Crippen molar-refractivity contribution >= 4 is 40.5 Å². The van der Waals surface area contributed by atoms with Gasteiger partial charge in [-0.1, -0.05) is 48.9 Å². The molecule has 26 heavy (non-hydrogen) atoms. The Morgan fingerprint density at radius 3 is 2.73 bits per heavy atom. The standard InChI is InChI=1S/C19H17ClN4O2/c1-2-15(19(25)26)23-24-17-11-21-18(12-6-4-3-5-7-12)14-10-13(20)8-9-16(14)22-17/h3-10H,2,11H2,1H3,(H,22,24)(H,25,26)/b23-15-. The van der Waals surface area contributed by atoms with Crippen molar-refractivity contribution in [2.24, 2.45) is 15.1 Å². The van der Waals surface area contributed by atoms with Crippen LogP contribution in [-0.2, 0) is 4.79 Å². The number of halogens is 1. The zero-order valence-electron chi connectivity index (χ0n) is 14.1. The van der Waals surface area contributed by atoms with E-state index in [1.165, 1.54) is 0 Å². The van der Waals surface area contributed by atoms with Crippen molar-refractivity contribution in [3.63, 3.8) is 0 Å². The summed E-state index contributed by atoms with van der Waals surface area (Å²) in [5.74, 6) is -0.596. The van der Waals surface area contributed by atoms with Crippen molar-refractivity contribution in [1.82, 2.24) is 5.43 Å². The molecule has 2 N–H and O–H groups in total. The molecule has 1 aliphatic rings. The number of amidine groups is 1. The Bertz CT molecular complexity index is 920. The van der Waals surface area contributed by atoms with Gasteiger partial charge in [0, 0.05) is 16.1 Å². The molecule has 132 valence electrons. The van der Waals surface area contributed by atoms with Crippen molar-refractivity contribution < 1.29 is 9.90 Å². The van der Waals surface area contributed by atoms with Crippen molar-refractivity contribution in [2.45, 2.75) is 13.3 Å². The Labute approximate surface area is 156 Å². The minimum Gasteiger partial charge on any atom is -0.477 e. The fourth-order valence-electron chi connectivity index (χ4n) is 2.53. The third-order valence-electron chi connectivity index (χ3n) is 3.80. The fraction of sp³-hybridized carbons (Fsp3) is 0.158. The van der Waals surface area contributed by atoms with Gasteiger partial charge >= 0.3 is 5.97 Å². The lowest BCUT2D eigenvalue weighted by Gasteiger charge is -2.08. The average Bonchev–Trinajstić information content (AvgIpc) is 2.82. The second kappa shape index (κ2) is 7.93. The Hall–Kier alpha value is -2.99. The van der Waals surface area contributed by atoms with Gasteiger partial charge in [0.2, 0.25) is 0 Å². The zero-order chi connectivity index (χ0) is 18.5. The first-order valence-corrected chi connectivity index (χ1v) is 8.49. The number of aliphatic carboxylic acids is 1. The fourth-order valence-corrected chi connectivity index (χ4v) is 2.70. The van der Waals surface area contributed by atoms with E-state index in [1.807, 2.05) is 42.5 Å². The number of aliphatic imine (C=N–C) groups is 2. The molecule has 0 unspecified atom stereocenters. The Balaban J connectivity index is 2.01. The highest BCUT2D eigenvalue weighted by Gasteiger charge is 2.17. The molecule has 0 atom stereocenters. The number of carboxylic acid groups (broad SMARTS) is 1. The maximum absolute atomic E-state index is 11.1. The zero-order valence-corrected chi connectivity index (χ0v) is 14.9. The quantitative estimate of drug-likeness (QED) is 0.637. The van der Waals surface area contributed by atoms with Gasteiger partial charge in [0.15, 0.2) is 0 Å². The number of carboxylic acids is 1. The third kappa shape index (κ3) is 3.97. The van der Waals surface area contributed by atoms with Crippen LogP contribution in [0.3, 0.4) is 0 Å². The van der Waals surface area contributed by atoms with Gasteiger partial charge in [0.05, 0.1) is 17.9 Å². The van der Waals surface area contributed by atoms with Gasteiger partial charge in [-0.2, -0.15) is 5.10 Å². The Kier molecular flexibility index (Phi) is 5.43. The lowest BCUT2D eigenvalue weighted by Crippen LogP contribution is -2.24. The SMILES string of the molecule is CC/C(=N/NC1=Nc2ccc(Cl)cc2C(c2ccccc2)=NC1)C(=O)O. The summed E-state index contributed by atoms with van der Waals surface area (Å²) in [5.41, 5.74) is 6.01. The number of hydrogen-bond acceptors (Lipinski definition) is 5. The lowest BCUT2D eigenvalue weighted by atomic mass is 10.0. The van der Waals surface area contributed by atoms with E-state index in [2.05, 4.69) is 20.5 Å². The molecule has 7 heteroatoms. The molecule has 0 spiro atoms. The molecule has 0 fully saturated rings. The van der Waals surface area contributed by atoms with E-state index >= 15 is 0 Å². The highest BCUT2D eigenvalue weighted by molar-refractivity contribution is 6.35. The lowest BCUT2D eigenvalue weighted by molar-refractivity contribution is -0.129. The molecule has 2 aromatic rings. The summed E-state index contributed by atoms with van der Waals surface area (Å²) >= 11 is 6.17. The van der Waals surface area contributed by atoms with Crippen molar-refractivity contribution in [3.8, 4) is 0 Å². The first kappa shape index (κ1) is 17.8. The van der Waals surface area contributed by atoms with Crippen LogP contribution in [0.2, 0.25) is 5.02 Å². The van der Waals surface area contributed by atoms with Crippen molar-refractivity contribution in [1.29, 1.82) is 0 Å². The number of nitrogens with zero attached hydrogens (tertiary/aromatic N) is 3. The minimum atomic E-state index is -1.06. The Morgan fingerprint density at radius 2 is 2.04 bits per heavy atom. The number of hydrogen-bond donors (Lipinski definition) is 2. The van der Waals surface area contributed by atoms with E-state index in [1.54, 1.807) is 13.0 Å². The second-order valence-electron chi connectivity index (χ2n) is 5.58. The maximum Gasteiger partial charge on any atom is 0.352 e. The molecule has 3 rings (SSSR count). The topological polar surface area (TPSA) is 86.4 Å². The molecule has 0 saturated carbocycles. The van der Waals surface area contributed by atoms with Gasteiger partial charge in [-0.3, -0.25) is 10.4 Å². The molecular weight excluding hydrogens is 352 g/mol. The van der Waals surface area contributed by atoms with E-state index in [0.717, 1.165) is 16.8 Å². The van der Waals surface area contributed by atoms with E-state index in [9.17, 15) is 4.79 Å². The normalized spacial score (nSPS) is 14.0. The Morgan fingerprint density at radius 1 is 1.27 bits per heavy atom. The molecule has 0 radical (unpaired) electrons. The van der Waals surface area contributed by atoms with Crippen LogP contribution in [-0.4, -0.2) is 34.9 Å². The number of fused-ring (bicyclic) bond motifs is 1. The molecular formula is C19H17ClN4O2. The van der Waals surface area contributed by atoms with Crippen LogP contribution >= 0.6 is 11.6 Å². The van der Waals surface area contributed by atoms with Crippen LogP contribution in [0.1, 0.15) is 24.5 Å². The number of rotatable bonds is 4. The molecule has 2 aromatic carbocycles. The van der Waals surface area contributed by atoms with Crippen LogP contribution in [0.4, 0.5) is 5.69 Å². The first-order valence-electron chi connectivity index (χ1n) is 8.11. The van der Waals surface area contributed by atoms with E-state index in [-0.39, 0.29) is 12.3 Å². The summed E-state index contributed by atoms with van der Waals surface area (Å²) < 4.78 is 0. The number of benzene rings is 2. The van der Waals surface area contributed by atoms with Gasteiger partial charge in [0.1, 0.15) is 11.5 Å². The largest absolute Gasteiger partial charge is 0.477 e. The van der Waals surface area contributed by atoms with Crippen molar-refractivity contribution in [2.75, 3.05) is 6.54 Å². The highest BCUT2D eigenvalue weighted by atomic mass is 35.5. The van der Waals surface area contributed by atoms with Gasteiger partial charge < -0.3 is 5.11 Å². The summed E-state index contributed by atoms with van der Waals surface area (Å²) in [5, 5.41) is 13.6. The van der Waals surface area contributed by atoms with Crippen LogP contribution in [0.5, 0.6) is 0 Å². The first-order chi connectivity index (χ1) is 12.6. The van der Waals surface area contributed by atoms with Crippen LogP contribution in [0, 0.1) is 0 Å². The predicted molar refractivity (Wildman–Crippen MR) is 104 cm³/mol. The molecule has 0 saturated heterocycles. The van der Waals surface area contributed by atoms with Gasteiger partial charge in [0.25, 0.3) is 0 Å². The van der Waals surface area contributed by atoms with Crippen molar-refractivity contribution in [3.05, 3.63) is 64.7 Å².